The van der Waals surface area contributed by atoms with Crippen LogP contribution in [0.3, 0.4) is 0 Å². The summed E-state index contributed by atoms with van der Waals surface area (Å²) in [5.41, 5.74) is 3.40. The molecule has 1 N–H and O–H groups in total. The zero-order valence-corrected chi connectivity index (χ0v) is 16.2. The quantitative estimate of drug-likeness (QED) is 0.731. The highest BCUT2D eigenvalue weighted by Crippen LogP contribution is 2.31. The average molecular weight is 382 g/mol. The normalized spacial score (nSPS) is 16.5. The Labute approximate surface area is 159 Å². The summed E-state index contributed by atoms with van der Waals surface area (Å²) in [6.45, 7) is 3.78. The van der Waals surface area contributed by atoms with Crippen molar-refractivity contribution in [2.24, 2.45) is 0 Å². The van der Waals surface area contributed by atoms with Gasteiger partial charge in [0.2, 0.25) is 0 Å². The number of hydrogen-bond acceptors (Lipinski definition) is 6. The van der Waals surface area contributed by atoms with Crippen molar-refractivity contribution in [2.75, 3.05) is 29.6 Å². The Morgan fingerprint density at radius 3 is 2.81 bits per heavy atom. The van der Waals surface area contributed by atoms with E-state index in [4.69, 9.17) is 0 Å². The van der Waals surface area contributed by atoms with E-state index in [2.05, 4.69) is 51.4 Å². The molecule has 0 saturated heterocycles. The Kier molecular flexibility index (Phi) is 4.47. The number of nitrogens with zero attached hydrogens (tertiary/aromatic N) is 3. The summed E-state index contributed by atoms with van der Waals surface area (Å²) in [5.74, 6) is 0.658. The third-order valence-electron chi connectivity index (χ3n) is 5.03. The summed E-state index contributed by atoms with van der Waals surface area (Å²) in [5, 5.41) is 4.07. The van der Waals surface area contributed by atoms with E-state index in [1.54, 1.807) is 18.2 Å². The Hall–Kier alpha value is -2.67. The molecule has 6 nitrogen and oxygen atoms in total. The maximum absolute atomic E-state index is 11.9. The minimum absolute atomic E-state index is 0.273. The van der Waals surface area contributed by atoms with Crippen molar-refractivity contribution in [3.8, 4) is 0 Å². The lowest BCUT2D eigenvalue weighted by molar-refractivity contribution is 0.602. The Morgan fingerprint density at radius 2 is 2.00 bits per heavy atom. The van der Waals surface area contributed by atoms with Gasteiger partial charge in [0.1, 0.15) is 12.1 Å². The van der Waals surface area contributed by atoms with Gasteiger partial charge in [-0.15, -0.1) is 0 Å². The Morgan fingerprint density at radius 1 is 1.19 bits per heavy atom. The fourth-order valence-electron chi connectivity index (χ4n) is 3.67. The van der Waals surface area contributed by atoms with Gasteiger partial charge in [-0.3, -0.25) is 0 Å². The molecule has 7 heteroatoms. The number of para-hydroxylation sites is 1. The van der Waals surface area contributed by atoms with Gasteiger partial charge >= 0.3 is 0 Å². The molecule has 1 unspecified atom stereocenters. The predicted octanol–water partition coefficient (Wildman–Crippen LogP) is 2.90. The molecule has 0 aliphatic carbocycles. The number of anilines is 2. The molecule has 0 bridgehead atoms. The van der Waals surface area contributed by atoms with Crippen LogP contribution in [0, 0.1) is 0 Å². The molecule has 1 aliphatic rings. The second kappa shape index (κ2) is 6.81. The smallest absolute Gasteiger partial charge is 0.175 e. The number of sulfone groups is 1. The first kappa shape index (κ1) is 17.7. The van der Waals surface area contributed by atoms with Crippen LogP contribution in [0.1, 0.15) is 12.5 Å². The van der Waals surface area contributed by atoms with Crippen LogP contribution in [0.15, 0.2) is 53.7 Å². The monoisotopic (exact) mass is 382 g/mol. The zero-order valence-electron chi connectivity index (χ0n) is 15.4. The topological polar surface area (TPSA) is 75.2 Å². The molecular weight excluding hydrogens is 360 g/mol. The van der Waals surface area contributed by atoms with Crippen molar-refractivity contribution in [3.05, 3.63) is 54.4 Å². The number of benzene rings is 2. The van der Waals surface area contributed by atoms with Crippen molar-refractivity contribution >= 4 is 32.2 Å². The first-order valence-electron chi connectivity index (χ1n) is 8.97. The first-order valence-corrected chi connectivity index (χ1v) is 10.9. The van der Waals surface area contributed by atoms with E-state index in [1.165, 1.54) is 23.8 Å². The molecule has 0 saturated carbocycles. The van der Waals surface area contributed by atoms with Crippen molar-refractivity contribution in [2.45, 2.75) is 24.3 Å². The van der Waals surface area contributed by atoms with Crippen LogP contribution in [0.25, 0.3) is 10.9 Å². The molecule has 0 radical (unpaired) electrons. The van der Waals surface area contributed by atoms with E-state index in [9.17, 15) is 8.42 Å². The first-order chi connectivity index (χ1) is 12.9. The average Bonchev–Trinajstić information content (AvgIpc) is 2.96. The Balaban J connectivity index is 1.54. The van der Waals surface area contributed by atoms with Gasteiger partial charge in [-0.05, 0) is 43.2 Å². The van der Waals surface area contributed by atoms with Gasteiger partial charge in [-0.2, -0.15) is 0 Å². The van der Waals surface area contributed by atoms with Crippen LogP contribution in [0.5, 0.6) is 0 Å². The van der Waals surface area contributed by atoms with Crippen LogP contribution in [-0.4, -0.2) is 43.8 Å². The van der Waals surface area contributed by atoms with Crippen molar-refractivity contribution in [1.82, 2.24) is 9.97 Å². The minimum Gasteiger partial charge on any atom is -0.368 e. The Bertz CT molecular complexity index is 1100. The van der Waals surface area contributed by atoms with Gasteiger partial charge in [-0.1, -0.05) is 18.2 Å². The molecule has 0 spiro atoms. The van der Waals surface area contributed by atoms with Crippen LogP contribution in [0.2, 0.25) is 0 Å². The van der Waals surface area contributed by atoms with Gasteiger partial charge in [0.25, 0.3) is 0 Å². The standard InChI is InChI=1S/C20H22N4O2S/c1-14-11-15-5-3-4-6-19(15)24(14)10-9-21-20-17-12-16(27(2,25)26)7-8-18(17)22-13-23-20/h3-8,12-14H,9-11H2,1-2H3,(H,21,22,23). The zero-order chi connectivity index (χ0) is 19.0. The van der Waals surface area contributed by atoms with Crippen LogP contribution in [0.4, 0.5) is 11.5 Å². The third kappa shape index (κ3) is 3.47. The minimum atomic E-state index is -3.28. The molecule has 4 rings (SSSR count). The molecule has 1 atom stereocenters. The van der Waals surface area contributed by atoms with Crippen molar-refractivity contribution in [1.29, 1.82) is 0 Å². The van der Waals surface area contributed by atoms with Gasteiger partial charge in [0, 0.05) is 36.5 Å². The van der Waals surface area contributed by atoms with Crippen molar-refractivity contribution < 1.29 is 8.42 Å². The molecule has 27 heavy (non-hydrogen) atoms. The number of hydrogen-bond donors (Lipinski definition) is 1. The second-order valence-corrected chi connectivity index (χ2v) is 8.99. The number of aromatic nitrogens is 2. The summed E-state index contributed by atoms with van der Waals surface area (Å²) in [6.07, 6.45) is 3.76. The molecule has 0 fully saturated rings. The summed E-state index contributed by atoms with van der Waals surface area (Å²) in [4.78, 5) is 11.2. The van der Waals surface area contributed by atoms with Crippen LogP contribution < -0.4 is 10.2 Å². The van der Waals surface area contributed by atoms with Gasteiger partial charge in [0.05, 0.1) is 10.4 Å². The maximum atomic E-state index is 11.9. The maximum Gasteiger partial charge on any atom is 0.175 e. The molecule has 140 valence electrons. The van der Waals surface area contributed by atoms with Crippen molar-refractivity contribution in [3.63, 3.8) is 0 Å². The fourth-order valence-corrected chi connectivity index (χ4v) is 4.32. The summed E-state index contributed by atoms with van der Waals surface area (Å²) < 4.78 is 23.7. The van der Waals surface area contributed by atoms with E-state index >= 15 is 0 Å². The number of fused-ring (bicyclic) bond motifs is 2. The lowest BCUT2D eigenvalue weighted by Crippen LogP contribution is -2.33. The molecule has 0 amide bonds. The highest BCUT2D eigenvalue weighted by molar-refractivity contribution is 7.90. The van der Waals surface area contributed by atoms with Gasteiger partial charge in [-0.25, -0.2) is 18.4 Å². The highest BCUT2D eigenvalue weighted by Gasteiger charge is 2.24. The predicted molar refractivity (Wildman–Crippen MR) is 108 cm³/mol. The summed E-state index contributed by atoms with van der Waals surface area (Å²) >= 11 is 0. The summed E-state index contributed by atoms with van der Waals surface area (Å²) in [6, 6.07) is 13.9. The lowest BCUT2D eigenvalue weighted by atomic mass is 10.1. The molecule has 2 aromatic carbocycles. The molecule has 1 aromatic heterocycles. The van der Waals surface area contributed by atoms with Crippen LogP contribution in [-0.2, 0) is 16.3 Å². The highest BCUT2D eigenvalue weighted by atomic mass is 32.2. The molecule has 2 heterocycles. The second-order valence-electron chi connectivity index (χ2n) is 6.98. The molecule has 1 aliphatic heterocycles. The SMILES string of the molecule is CC1Cc2ccccc2N1CCNc1ncnc2ccc(S(C)(=O)=O)cc12. The lowest BCUT2D eigenvalue weighted by Gasteiger charge is -2.25. The third-order valence-corrected chi connectivity index (χ3v) is 6.14. The van der Waals surface area contributed by atoms with E-state index < -0.39 is 9.84 Å². The van der Waals surface area contributed by atoms with E-state index in [0.717, 1.165) is 23.9 Å². The van der Waals surface area contributed by atoms with E-state index in [0.29, 0.717) is 18.4 Å². The summed E-state index contributed by atoms with van der Waals surface area (Å²) in [7, 11) is -3.28. The van der Waals surface area contributed by atoms with E-state index in [-0.39, 0.29) is 4.90 Å². The number of nitrogens with one attached hydrogen (secondary N) is 1. The van der Waals surface area contributed by atoms with Crippen LogP contribution >= 0.6 is 0 Å². The molecule has 3 aromatic rings. The fraction of sp³-hybridized carbons (Fsp3) is 0.300. The molecular formula is C20H22N4O2S. The van der Waals surface area contributed by atoms with Gasteiger partial charge in [0.15, 0.2) is 9.84 Å². The largest absolute Gasteiger partial charge is 0.368 e. The van der Waals surface area contributed by atoms with E-state index in [1.807, 2.05) is 0 Å². The number of rotatable bonds is 5. The van der Waals surface area contributed by atoms with Gasteiger partial charge < -0.3 is 10.2 Å².